The highest BCUT2D eigenvalue weighted by Crippen LogP contribution is 2.32. The Bertz CT molecular complexity index is 590. The van der Waals surface area contributed by atoms with Gasteiger partial charge >= 0.3 is 0 Å². The Labute approximate surface area is 143 Å². The molecule has 2 heterocycles. The zero-order chi connectivity index (χ0) is 16.9. The summed E-state index contributed by atoms with van der Waals surface area (Å²) in [6.45, 7) is 2.98. The van der Waals surface area contributed by atoms with Crippen LogP contribution in [0.3, 0.4) is 0 Å². The van der Waals surface area contributed by atoms with Crippen molar-refractivity contribution in [3.63, 3.8) is 0 Å². The van der Waals surface area contributed by atoms with Crippen LogP contribution in [0.5, 0.6) is 0 Å². The van der Waals surface area contributed by atoms with Crippen molar-refractivity contribution in [2.75, 3.05) is 6.54 Å². The molecule has 2 aliphatic rings. The van der Waals surface area contributed by atoms with E-state index in [1.807, 2.05) is 25.1 Å². The molecule has 2 amide bonds. The van der Waals surface area contributed by atoms with Crippen LogP contribution < -0.4 is 16.0 Å². The Morgan fingerprint density at radius 2 is 1.92 bits per heavy atom. The van der Waals surface area contributed by atoms with E-state index >= 15 is 0 Å². The molecule has 5 heteroatoms. The third-order valence-electron chi connectivity index (χ3n) is 5.06. The molecule has 0 aliphatic carbocycles. The van der Waals surface area contributed by atoms with E-state index in [9.17, 15) is 9.59 Å². The van der Waals surface area contributed by atoms with Crippen molar-refractivity contribution in [3.8, 4) is 0 Å². The van der Waals surface area contributed by atoms with Crippen LogP contribution in [0.25, 0.3) is 0 Å². The second-order valence-electron chi connectivity index (χ2n) is 7.02. The summed E-state index contributed by atoms with van der Waals surface area (Å²) in [4.78, 5) is 24.1. The zero-order valence-electron chi connectivity index (χ0n) is 14.3. The minimum absolute atomic E-state index is 0.0733. The Balaban J connectivity index is 1.47. The van der Waals surface area contributed by atoms with Crippen molar-refractivity contribution in [1.82, 2.24) is 16.0 Å². The van der Waals surface area contributed by atoms with Gasteiger partial charge in [-0.15, -0.1) is 0 Å². The maximum atomic E-state index is 12.2. The number of benzene rings is 1. The van der Waals surface area contributed by atoms with Gasteiger partial charge in [0.25, 0.3) is 5.91 Å². The van der Waals surface area contributed by atoms with Gasteiger partial charge in [0.15, 0.2) is 0 Å². The summed E-state index contributed by atoms with van der Waals surface area (Å²) in [5, 5.41) is 9.40. The molecule has 3 N–H and O–H groups in total. The van der Waals surface area contributed by atoms with Crippen molar-refractivity contribution in [2.45, 2.75) is 57.7 Å². The van der Waals surface area contributed by atoms with Gasteiger partial charge in [-0.3, -0.25) is 9.59 Å². The first-order valence-corrected chi connectivity index (χ1v) is 9.04. The summed E-state index contributed by atoms with van der Waals surface area (Å²) in [6.07, 6.45) is 5.38. The summed E-state index contributed by atoms with van der Waals surface area (Å²) in [6, 6.07) is 8.67. The molecule has 2 bridgehead atoms. The average Bonchev–Trinajstić information content (AvgIpc) is 2.92. The molecule has 130 valence electrons. The molecule has 3 rings (SSSR count). The standard InChI is InChI=1S/C19H27N3O2/c1-2-20-19(24)15-5-3-4-13(8-15)12-21-18(23)11-14-9-16-6-7-17(10-14)22-16/h3-5,8,14,16-17,22H,2,6-7,9-12H2,1H3,(H,20,24)(H,21,23). The largest absolute Gasteiger partial charge is 0.352 e. The molecular weight excluding hydrogens is 302 g/mol. The quantitative estimate of drug-likeness (QED) is 0.747. The van der Waals surface area contributed by atoms with E-state index in [4.69, 9.17) is 0 Å². The van der Waals surface area contributed by atoms with E-state index in [0.717, 1.165) is 18.4 Å². The highest BCUT2D eigenvalue weighted by molar-refractivity contribution is 5.94. The van der Waals surface area contributed by atoms with Crippen molar-refractivity contribution in [2.24, 2.45) is 5.92 Å². The van der Waals surface area contributed by atoms with Gasteiger partial charge in [-0.1, -0.05) is 12.1 Å². The molecule has 5 nitrogen and oxygen atoms in total. The Kier molecular flexibility index (Phi) is 5.51. The first kappa shape index (κ1) is 17.0. The molecule has 1 aromatic rings. The number of carbonyl (C=O) groups is 2. The van der Waals surface area contributed by atoms with Gasteiger partial charge in [-0.05, 0) is 56.2 Å². The van der Waals surface area contributed by atoms with E-state index in [2.05, 4.69) is 16.0 Å². The maximum absolute atomic E-state index is 12.2. The fourth-order valence-corrected chi connectivity index (χ4v) is 3.96. The molecule has 0 spiro atoms. The van der Waals surface area contributed by atoms with Gasteiger partial charge < -0.3 is 16.0 Å². The first-order valence-electron chi connectivity index (χ1n) is 9.04. The molecular formula is C19H27N3O2. The van der Waals surface area contributed by atoms with Crippen LogP contribution in [0.1, 0.15) is 54.9 Å². The minimum atomic E-state index is -0.0733. The molecule has 0 radical (unpaired) electrons. The van der Waals surface area contributed by atoms with Gasteiger partial charge in [0.1, 0.15) is 0 Å². The van der Waals surface area contributed by atoms with Crippen LogP contribution >= 0.6 is 0 Å². The number of fused-ring (bicyclic) bond motifs is 2. The molecule has 0 aromatic heterocycles. The number of nitrogens with one attached hydrogen (secondary N) is 3. The van der Waals surface area contributed by atoms with E-state index < -0.39 is 0 Å². The molecule has 1 aromatic carbocycles. The molecule has 24 heavy (non-hydrogen) atoms. The van der Waals surface area contributed by atoms with E-state index in [1.54, 1.807) is 6.07 Å². The lowest BCUT2D eigenvalue weighted by Gasteiger charge is -2.28. The molecule has 2 unspecified atom stereocenters. The van der Waals surface area contributed by atoms with Crippen LogP contribution in [-0.2, 0) is 11.3 Å². The van der Waals surface area contributed by atoms with Gasteiger partial charge in [-0.2, -0.15) is 0 Å². The summed E-state index contributed by atoms with van der Waals surface area (Å²) in [7, 11) is 0. The summed E-state index contributed by atoms with van der Waals surface area (Å²) in [5.41, 5.74) is 1.59. The van der Waals surface area contributed by atoms with Crippen molar-refractivity contribution < 1.29 is 9.59 Å². The molecule has 2 aliphatic heterocycles. The van der Waals surface area contributed by atoms with Crippen molar-refractivity contribution in [1.29, 1.82) is 0 Å². The number of hydrogen-bond acceptors (Lipinski definition) is 3. The summed E-state index contributed by atoms with van der Waals surface area (Å²) >= 11 is 0. The average molecular weight is 329 g/mol. The summed E-state index contributed by atoms with van der Waals surface area (Å²) in [5.74, 6) is 0.547. The number of piperidine rings is 1. The predicted octanol–water partition coefficient (Wildman–Crippen LogP) is 1.97. The van der Waals surface area contributed by atoms with Gasteiger partial charge in [0.05, 0.1) is 0 Å². The number of carbonyl (C=O) groups excluding carboxylic acids is 2. The van der Waals surface area contributed by atoms with Crippen LogP contribution in [-0.4, -0.2) is 30.4 Å². The van der Waals surface area contributed by atoms with Crippen molar-refractivity contribution >= 4 is 11.8 Å². The van der Waals surface area contributed by atoms with Crippen LogP contribution in [0, 0.1) is 5.92 Å². The molecule has 2 fully saturated rings. The SMILES string of the molecule is CCNC(=O)c1cccc(CNC(=O)CC2CC3CCC(C2)N3)c1. The third-order valence-corrected chi connectivity index (χ3v) is 5.06. The second kappa shape index (κ2) is 7.79. The fourth-order valence-electron chi connectivity index (χ4n) is 3.96. The second-order valence-corrected chi connectivity index (χ2v) is 7.02. The van der Waals surface area contributed by atoms with Gasteiger partial charge in [0, 0.05) is 37.2 Å². The number of amides is 2. The monoisotopic (exact) mass is 329 g/mol. The first-order chi connectivity index (χ1) is 11.6. The molecule has 0 saturated carbocycles. The Morgan fingerprint density at radius 1 is 1.17 bits per heavy atom. The molecule has 2 atom stereocenters. The Morgan fingerprint density at radius 3 is 2.62 bits per heavy atom. The van der Waals surface area contributed by atoms with Crippen LogP contribution in [0.15, 0.2) is 24.3 Å². The van der Waals surface area contributed by atoms with Crippen LogP contribution in [0.2, 0.25) is 0 Å². The maximum Gasteiger partial charge on any atom is 0.251 e. The lowest BCUT2D eigenvalue weighted by molar-refractivity contribution is -0.122. The van der Waals surface area contributed by atoms with E-state index in [-0.39, 0.29) is 11.8 Å². The summed E-state index contributed by atoms with van der Waals surface area (Å²) < 4.78 is 0. The van der Waals surface area contributed by atoms with E-state index in [1.165, 1.54) is 12.8 Å². The zero-order valence-corrected chi connectivity index (χ0v) is 14.3. The van der Waals surface area contributed by atoms with E-state index in [0.29, 0.717) is 43.1 Å². The number of rotatable bonds is 6. The van der Waals surface area contributed by atoms with Crippen LogP contribution in [0.4, 0.5) is 0 Å². The fraction of sp³-hybridized carbons (Fsp3) is 0.579. The molecule has 2 saturated heterocycles. The number of hydrogen-bond donors (Lipinski definition) is 3. The third kappa shape index (κ3) is 4.35. The lowest BCUT2D eigenvalue weighted by atomic mass is 9.89. The highest BCUT2D eigenvalue weighted by Gasteiger charge is 2.34. The van der Waals surface area contributed by atoms with Gasteiger partial charge in [0.2, 0.25) is 5.91 Å². The lowest BCUT2D eigenvalue weighted by Crippen LogP contribution is -2.39. The van der Waals surface area contributed by atoms with Crippen molar-refractivity contribution in [3.05, 3.63) is 35.4 Å². The predicted molar refractivity (Wildman–Crippen MR) is 93.6 cm³/mol. The topological polar surface area (TPSA) is 70.2 Å². The highest BCUT2D eigenvalue weighted by atomic mass is 16.2. The Hall–Kier alpha value is -1.88. The normalized spacial score (nSPS) is 25.3. The minimum Gasteiger partial charge on any atom is -0.352 e. The smallest absolute Gasteiger partial charge is 0.251 e. The van der Waals surface area contributed by atoms with Gasteiger partial charge in [-0.25, -0.2) is 0 Å².